The van der Waals surface area contributed by atoms with Gasteiger partial charge in [0, 0.05) is 0 Å². The number of benzene rings is 1. The Hall–Kier alpha value is -1.88. The Bertz CT molecular complexity index is 385. The number of carbonyl (C=O) groups is 2. The van der Waals surface area contributed by atoms with E-state index in [0.29, 0.717) is 5.56 Å². The fraction of sp³-hybridized carbons (Fsp3) is 0.273. The lowest BCUT2D eigenvalue weighted by Crippen LogP contribution is -2.20. The Kier molecular flexibility index (Phi) is 4.02. The molecule has 1 unspecified atom stereocenters. The predicted molar refractivity (Wildman–Crippen MR) is 56.7 cm³/mol. The van der Waals surface area contributed by atoms with E-state index in [-0.39, 0.29) is 12.4 Å². The van der Waals surface area contributed by atoms with Crippen LogP contribution in [-0.2, 0) is 20.7 Å². The molecule has 0 amide bonds. The van der Waals surface area contributed by atoms with Gasteiger partial charge in [0.1, 0.15) is 6.04 Å². The second-order valence-electron chi connectivity index (χ2n) is 3.31. The standard InChI is InChI=1S/C11H13NO4/c1-16-9(13)6-7-2-4-8(5-3-7)10(12)11(14)15/h2-5,10H,6,12H2,1H3,(H,14,15). The number of carboxylic acids is 1. The van der Waals surface area contributed by atoms with E-state index in [0.717, 1.165) is 5.56 Å². The van der Waals surface area contributed by atoms with Crippen molar-refractivity contribution in [2.75, 3.05) is 7.11 Å². The molecular formula is C11H13NO4. The van der Waals surface area contributed by atoms with Gasteiger partial charge in [-0.1, -0.05) is 24.3 Å². The predicted octanol–water partition coefficient (Wildman–Crippen LogP) is 0.486. The molecule has 0 heterocycles. The van der Waals surface area contributed by atoms with Crippen LogP contribution in [0, 0.1) is 0 Å². The van der Waals surface area contributed by atoms with Crippen molar-refractivity contribution >= 4 is 11.9 Å². The first kappa shape index (κ1) is 12.2. The van der Waals surface area contributed by atoms with Crippen molar-refractivity contribution in [3.8, 4) is 0 Å². The Labute approximate surface area is 92.8 Å². The lowest BCUT2D eigenvalue weighted by molar-refractivity contribution is -0.140. The van der Waals surface area contributed by atoms with E-state index in [4.69, 9.17) is 10.8 Å². The molecule has 3 N–H and O–H groups in total. The minimum atomic E-state index is -1.08. The van der Waals surface area contributed by atoms with E-state index in [2.05, 4.69) is 4.74 Å². The van der Waals surface area contributed by atoms with E-state index in [1.165, 1.54) is 7.11 Å². The van der Waals surface area contributed by atoms with Gasteiger partial charge in [0.05, 0.1) is 13.5 Å². The second kappa shape index (κ2) is 5.27. The summed E-state index contributed by atoms with van der Waals surface area (Å²) in [5, 5.41) is 8.69. The van der Waals surface area contributed by atoms with Crippen molar-refractivity contribution < 1.29 is 19.4 Å². The molecule has 1 atom stereocenters. The summed E-state index contributed by atoms with van der Waals surface area (Å²) in [6.45, 7) is 0. The van der Waals surface area contributed by atoms with Crippen LogP contribution in [0.15, 0.2) is 24.3 Å². The van der Waals surface area contributed by atoms with Crippen LogP contribution in [0.1, 0.15) is 17.2 Å². The number of methoxy groups -OCH3 is 1. The molecule has 0 aliphatic rings. The van der Waals surface area contributed by atoms with Gasteiger partial charge in [-0.05, 0) is 11.1 Å². The Morgan fingerprint density at radius 2 is 1.94 bits per heavy atom. The van der Waals surface area contributed by atoms with Crippen LogP contribution >= 0.6 is 0 Å². The number of ether oxygens (including phenoxy) is 1. The highest BCUT2D eigenvalue weighted by Gasteiger charge is 2.13. The molecule has 0 spiro atoms. The molecule has 0 fully saturated rings. The number of esters is 1. The molecule has 0 aliphatic heterocycles. The van der Waals surface area contributed by atoms with Crippen molar-refractivity contribution in [2.24, 2.45) is 5.73 Å². The van der Waals surface area contributed by atoms with Crippen LogP contribution in [0.4, 0.5) is 0 Å². The maximum absolute atomic E-state index is 11.0. The van der Waals surface area contributed by atoms with Gasteiger partial charge in [0.25, 0.3) is 0 Å². The fourth-order valence-corrected chi connectivity index (χ4v) is 1.22. The van der Waals surface area contributed by atoms with E-state index < -0.39 is 12.0 Å². The molecule has 0 aromatic heterocycles. The van der Waals surface area contributed by atoms with Gasteiger partial charge in [0.15, 0.2) is 0 Å². The van der Waals surface area contributed by atoms with Crippen molar-refractivity contribution in [2.45, 2.75) is 12.5 Å². The Balaban J connectivity index is 2.75. The number of nitrogens with two attached hydrogens (primary N) is 1. The van der Waals surface area contributed by atoms with Crippen LogP contribution in [0.3, 0.4) is 0 Å². The summed E-state index contributed by atoms with van der Waals surface area (Å²) >= 11 is 0. The maximum atomic E-state index is 11.0. The topological polar surface area (TPSA) is 89.6 Å². The van der Waals surface area contributed by atoms with Crippen LogP contribution < -0.4 is 5.73 Å². The van der Waals surface area contributed by atoms with Crippen LogP contribution in [-0.4, -0.2) is 24.2 Å². The van der Waals surface area contributed by atoms with Crippen LogP contribution in [0.2, 0.25) is 0 Å². The maximum Gasteiger partial charge on any atom is 0.325 e. The third-order valence-corrected chi connectivity index (χ3v) is 2.18. The molecule has 0 aliphatic carbocycles. The third kappa shape index (κ3) is 3.06. The van der Waals surface area contributed by atoms with Crippen molar-refractivity contribution in [1.82, 2.24) is 0 Å². The van der Waals surface area contributed by atoms with Crippen LogP contribution in [0.5, 0.6) is 0 Å². The molecule has 86 valence electrons. The molecule has 1 aromatic rings. The molecular weight excluding hydrogens is 210 g/mol. The average molecular weight is 223 g/mol. The molecule has 5 heteroatoms. The Morgan fingerprint density at radius 3 is 2.38 bits per heavy atom. The first-order chi connectivity index (χ1) is 7.54. The largest absolute Gasteiger partial charge is 0.480 e. The number of hydrogen-bond acceptors (Lipinski definition) is 4. The van der Waals surface area contributed by atoms with E-state index >= 15 is 0 Å². The lowest BCUT2D eigenvalue weighted by atomic mass is 10.0. The number of aliphatic carboxylic acids is 1. The van der Waals surface area contributed by atoms with Gasteiger partial charge in [-0.3, -0.25) is 9.59 Å². The molecule has 0 saturated carbocycles. The lowest BCUT2D eigenvalue weighted by Gasteiger charge is -2.07. The molecule has 1 rings (SSSR count). The first-order valence-electron chi connectivity index (χ1n) is 4.68. The van der Waals surface area contributed by atoms with Crippen molar-refractivity contribution in [3.63, 3.8) is 0 Å². The molecule has 0 saturated heterocycles. The van der Waals surface area contributed by atoms with Gasteiger partial charge in [0.2, 0.25) is 0 Å². The number of carboxylic acid groups (broad SMARTS) is 1. The van der Waals surface area contributed by atoms with Gasteiger partial charge in [-0.25, -0.2) is 0 Å². The third-order valence-electron chi connectivity index (χ3n) is 2.18. The minimum absolute atomic E-state index is 0.166. The van der Waals surface area contributed by atoms with Gasteiger partial charge in [-0.2, -0.15) is 0 Å². The number of rotatable bonds is 4. The van der Waals surface area contributed by atoms with Crippen molar-refractivity contribution in [1.29, 1.82) is 0 Å². The summed E-state index contributed by atoms with van der Waals surface area (Å²) < 4.78 is 4.51. The average Bonchev–Trinajstić information content (AvgIpc) is 2.28. The summed E-state index contributed by atoms with van der Waals surface area (Å²) in [5.74, 6) is -1.42. The molecule has 16 heavy (non-hydrogen) atoms. The van der Waals surface area contributed by atoms with Gasteiger partial charge < -0.3 is 15.6 Å². The smallest absolute Gasteiger partial charge is 0.325 e. The number of hydrogen-bond donors (Lipinski definition) is 2. The number of carbonyl (C=O) groups excluding carboxylic acids is 1. The highest BCUT2D eigenvalue weighted by Crippen LogP contribution is 2.12. The highest BCUT2D eigenvalue weighted by atomic mass is 16.5. The summed E-state index contributed by atoms with van der Waals surface area (Å²) in [6.07, 6.45) is 0.166. The summed E-state index contributed by atoms with van der Waals surface area (Å²) in [7, 11) is 1.32. The van der Waals surface area contributed by atoms with E-state index in [1.54, 1.807) is 24.3 Å². The van der Waals surface area contributed by atoms with E-state index in [1.807, 2.05) is 0 Å². The zero-order valence-corrected chi connectivity index (χ0v) is 8.84. The zero-order chi connectivity index (χ0) is 12.1. The van der Waals surface area contributed by atoms with Crippen LogP contribution in [0.25, 0.3) is 0 Å². The second-order valence-corrected chi connectivity index (χ2v) is 3.31. The zero-order valence-electron chi connectivity index (χ0n) is 8.84. The van der Waals surface area contributed by atoms with Gasteiger partial charge >= 0.3 is 11.9 Å². The molecule has 0 radical (unpaired) electrons. The summed E-state index contributed by atoms with van der Waals surface area (Å²) in [4.78, 5) is 21.6. The SMILES string of the molecule is COC(=O)Cc1ccc(C(N)C(=O)O)cc1. The quantitative estimate of drug-likeness (QED) is 0.725. The minimum Gasteiger partial charge on any atom is -0.480 e. The monoisotopic (exact) mass is 223 g/mol. The van der Waals surface area contributed by atoms with Gasteiger partial charge in [-0.15, -0.1) is 0 Å². The fourth-order valence-electron chi connectivity index (χ4n) is 1.22. The highest BCUT2D eigenvalue weighted by molar-refractivity contribution is 5.75. The summed E-state index contributed by atoms with van der Waals surface area (Å²) in [5.41, 5.74) is 6.68. The summed E-state index contributed by atoms with van der Waals surface area (Å²) in [6, 6.07) is 5.48. The van der Waals surface area contributed by atoms with E-state index in [9.17, 15) is 9.59 Å². The molecule has 1 aromatic carbocycles. The van der Waals surface area contributed by atoms with Crippen molar-refractivity contribution in [3.05, 3.63) is 35.4 Å². The Morgan fingerprint density at radius 1 is 1.38 bits per heavy atom. The molecule has 5 nitrogen and oxygen atoms in total. The first-order valence-corrected chi connectivity index (χ1v) is 4.68. The normalized spacial score (nSPS) is 11.9. The molecule has 0 bridgehead atoms.